The van der Waals surface area contributed by atoms with Crippen LogP contribution in [0.2, 0.25) is 0 Å². The highest BCUT2D eigenvalue weighted by Gasteiger charge is 2.18. The average Bonchev–Trinajstić information content (AvgIpc) is 2.03. The van der Waals surface area contributed by atoms with Crippen LogP contribution in [-0.2, 0) is 4.74 Å². The molecule has 86 valence electrons. The zero-order valence-corrected chi connectivity index (χ0v) is 10.5. The van der Waals surface area contributed by atoms with E-state index in [1.807, 2.05) is 13.2 Å². The minimum absolute atomic E-state index is 0.491. The third-order valence-corrected chi connectivity index (χ3v) is 2.82. The van der Waals surface area contributed by atoms with Gasteiger partial charge in [-0.05, 0) is 19.1 Å². The predicted octanol–water partition coefficient (Wildman–Crippen LogP) is 0.972. The van der Waals surface area contributed by atoms with Crippen molar-refractivity contribution in [2.75, 3.05) is 38.8 Å². The molecule has 0 saturated heterocycles. The predicted molar refractivity (Wildman–Crippen MR) is 62.9 cm³/mol. The molecule has 14 heavy (non-hydrogen) atoms. The highest BCUT2D eigenvalue weighted by Crippen LogP contribution is 2.09. The van der Waals surface area contributed by atoms with Crippen LogP contribution in [0.4, 0.5) is 0 Å². The Morgan fingerprint density at radius 1 is 1.57 bits per heavy atom. The quantitative estimate of drug-likeness (QED) is 0.641. The van der Waals surface area contributed by atoms with Crippen LogP contribution < -0.4 is 5.32 Å². The van der Waals surface area contributed by atoms with Gasteiger partial charge in [0.25, 0.3) is 0 Å². The molecule has 0 fully saturated rings. The van der Waals surface area contributed by atoms with Crippen LogP contribution in [0.3, 0.4) is 0 Å². The largest absolute Gasteiger partial charge is 0.388 e. The number of aliphatic hydroxyl groups is 1. The van der Waals surface area contributed by atoms with Gasteiger partial charge in [0.05, 0.1) is 5.60 Å². The first-order valence-electron chi connectivity index (χ1n) is 4.93. The maximum atomic E-state index is 9.84. The topological polar surface area (TPSA) is 41.5 Å². The highest BCUT2D eigenvalue weighted by atomic mass is 32.2. The summed E-state index contributed by atoms with van der Waals surface area (Å²) in [6, 6.07) is 0. The van der Waals surface area contributed by atoms with Crippen LogP contribution in [-0.4, -0.2) is 49.5 Å². The number of ether oxygens (including phenoxy) is 1. The van der Waals surface area contributed by atoms with Crippen molar-refractivity contribution >= 4 is 11.8 Å². The fourth-order valence-corrected chi connectivity index (χ4v) is 2.02. The Hall–Kier alpha value is 0.230. The molecular weight excluding hydrogens is 198 g/mol. The summed E-state index contributed by atoms with van der Waals surface area (Å²) in [4.78, 5) is 0. The molecule has 4 heteroatoms. The summed E-state index contributed by atoms with van der Waals surface area (Å²) >= 11 is 1.66. The van der Waals surface area contributed by atoms with Gasteiger partial charge in [-0.3, -0.25) is 0 Å². The monoisotopic (exact) mass is 221 g/mol. The van der Waals surface area contributed by atoms with Crippen molar-refractivity contribution in [2.24, 2.45) is 5.92 Å². The molecule has 3 nitrogen and oxygen atoms in total. The maximum absolute atomic E-state index is 9.84. The molecule has 0 radical (unpaired) electrons. The minimum atomic E-state index is -0.605. The summed E-state index contributed by atoms with van der Waals surface area (Å²) in [5, 5.41) is 13.1. The Morgan fingerprint density at radius 2 is 2.21 bits per heavy atom. The van der Waals surface area contributed by atoms with Crippen LogP contribution in [0.15, 0.2) is 0 Å². The number of thioether (sulfide) groups is 1. The van der Waals surface area contributed by atoms with E-state index in [0.717, 1.165) is 18.9 Å². The fourth-order valence-electron chi connectivity index (χ4n) is 1.29. The molecule has 2 unspecified atom stereocenters. The molecule has 0 saturated carbocycles. The number of hydrogen-bond acceptors (Lipinski definition) is 4. The van der Waals surface area contributed by atoms with Crippen molar-refractivity contribution in [3.05, 3.63) is 0 Å². The molecule has 0 aromatic heterocycles. The van der Waals surface area contributed by atoms with Crippen molar-refractivity contribution in [1.29, 1.82) is 0 Å². The van der Waals surface area contributed by atoms with Gasteiger partial charge < -0.3 is 15.2 Å². The van der Waals surface area contributed by atoms with Crippen LogP contribution in [0.1, 0.15) is 13.8 Å². The zero-order chi connectivity index (χ0) is 11.0. The second-order valence-corrected chi connectivity index (χ2v) is 4.99. The molecule has 0 bridgehead atoms. The molecule has 0 heterocycles. The average molecular weight is 221 g/mol. The standard InChI is InChI=1S/C10H23NO2S/c1-9(6-13-3)5-11-7-10(2,12)8-14-4/h9,11-12H,5-8H2,1-4H3. The van der Waals surface area contributed by atoms with E-state index in [-0.39, 0.29) is 0 Å². The first-order valence-corrected chi connectivity index (χ1v) is 6.32. The molecule has 2 N–H and O–H groups in total. The second kappa shape index (κ2) is 7.51. The van der Waals surface area contributed by atoms with Crippen molar-refractivity contribution in [2.45, 2.75) is 19.4 Å². The van der Waals surface area contributed by atoms with Gasteiger partial charge in [0, 0.05) is 32.6 Å². The minimum Gasteiger partial charge on any atom is -0.388 e. The van der Waals surface area contributed by atoms with Crippen LogP contribution in [0.25, 0.3) is 0 Å². The molecule has 0 aromatic carbocycles. The van der Waals surface area contributed by atoms with Gasteiger partial charge in [0.15, 0.2) is 0 Å². The first kappa shape index (κ1) is 14.2. The SMILES string of the molecule is COCC(C)CNCC(C)(O)CSC. The number of nitrogens with one attached hydrogen (secondary N) is 1. The molecule has 0 aromatic rings. The zero-order valence-electron chi connectivity index (χ0n) is 9.67. The van der Waals surface area contributed by atoms with E-state index >= 15 is 0 Å². The van der Waals surface area contributed by atoms with E-state index in [0.29, 0.717) is 12.5 Å². The van der Waals surface area contributed by atoms with Crippen molar-refractivity contribution < 1.29 is 9.84 Å². The maximum Gasteiger partial charge on any atom is 0.0833 e. The van der Waals surface area contributed by atoms with E-state index in [9.17, 15) is 5.11 Å². The lowest BCUT2D eigenvalue weighted by molar-refractivity contribution is 0.0814. The van der Waals surface area contributed by atoms with E-state index < -0.39 is 5.60 Å². The molecule has 0 spiro atoms. The smallest absolute Gasteiger partial charge is 0.0833 e. The second-order valence-electron chi connectivity index (χ2n) is 4.12. The van der Waals surface area contributed by atoms with Gasteiger partial charge in [-0.25, -0.2) is 0 Å². The Morgan fingerprint density at radius 3 is 2.71 bits per heavy atom. The summed E-state index contributed by atoms with van der Waals surface area (Å²) in [6.45, 7) is 6.27. The molecular formula is C10H23NO2S. The number of rotatable bonds is 8. The Balaban J connectivity index is 3.51. The summed E-state index contributed by atoms with van der Waals surface area (Å²) < 4.78 is 5.03. The fraction of sp³-hybridized carbons (Fsp3) is 1.00. The van der Waals surface area contributed by atoms with Crippen molar-refractivity contribution in [3.63, 3.8) is 0 Å². The van der Waals surface area contributed by atoms with Crippen LogP contribution in [0.5, 0.6) is 0 Å². The first-order chi connectivity index (χ1) is 6.52. The summed E-state index contributed by atoms with van der Waals surface area (Å²) in [7, 11) is 1.71. The molecule has 0 aliphatic carbocycles. The van der Waals surface area contributed by atoms with E-state index in [2.05, 4.69) is 12.2 Å². The van der Waals surface area contributed by atoms with Crippen molar-refractivity contribution in [1.82, 2.24) is 5.32 Å². The lowest BCUT2D eigenvalue weighted by Crippen LogP contribution is -2.41. The van der Waals surface area contributed by atoms with Gasteiger partial charge >= 0.3 is 0 Å². The van der Waals surface area contributed by atoms with Crippen LogP contribution >= 0.6 is 11.8 Å². The lowest BCUT2D eigenvalue weighted by atomic mass is 10.1. The third-order valence-electron chi connectivity index (χ3n) is 1.91. The van der Waals surface area contributed by atoms with Gasteiger partial charge in [-0.2, -0.15) is 11.8 Å². The summed E-state index contributed by atoms with van der Waals surface area (Å²) in [5.41, 5.74) is -0.605. The molecule has 2 atom stereocenters. The summed E-state index contributed by atoms with van der Waals surface area (Å²) in [5.74, 6) is 1.25. The molecule has 0 aliphatic heterocycles. The van der Waals surface area contributed by atoms with Crippen molar-refractivity contribution in [3.8, 4) is 0 Å². The van der Waals surface area contributed by atoms with Crippen LogP contribution in [0, 0.1) is 5.92 Å². The number of hydrogen-bond donors (Lipinski definition) is 2. The Bertz CT molecular complexity index is 142. The number of methoxy groups -OCH3 is 1. The Labute approximate surface area is 91.6 Å². The highest BCUT2D eigenvalue weighted by molar-refractivity contribution is 7.98. The summed E-state index contributed by atoms with van der Waals surface area (Å²) in [6.07, 6.45) is 2.00. The Kier molecular flexibility index (Phi) is 7.64. The van der Waals surface area contributed by atoms with Gasteiger partial charge in [-0.15, -0.1) is 0 Å². The van der Waals surface area contributed by atoms with Gasteiger partial charge in [0.1, 0.15) is 0 Å². The van der Waals surface area contributed by atoms with Gasteiger partial charge in [-0.1, -0.05) is 6.92 Å². The normalized spacial score (nSPS) is 17.8. The van der Waals surface area contributed by atoms with E-state index in [4.69, 9.17) is 4.74 Å². The third kappa shape index (κ3) is 7.62. The lowest BCUT2D eigenvalue weighted by Gasteiger charge is -2.23. The van der Waals surface area contributed by atoms with Gasteiger partial charge in [0.2, 0.25) is 0 Å². The van der Waals surface area contributed by atoms with E-state index in [1.54, 1.807) is 18.9 Å². The molecule has 0 rings (SSSR count). The molecule has 0 aliphatic rings. The van der Waals surface area contributed by atoms with E-state index in [1.165, 1.54) is 0 Å². The molecule has 0 amide bonds.